The highest BCUT2D eigenvalue weighted by Crippen LogP contribution is 2.30. The van der Waals surface area contributed by atoms with E-state index in [1.165, 1.54) is 18.7 Å². The van der Waals surface area contributed by atoms with Crippen molar-refractivity contribution in [2.24, 2.45) is 10.9 Å². The van der Waals surface area contributed by atoms with Gasteiger partial charge in [0.05, 0.1) is 12.2 Å². The Labute approximate surface area is 165 Å². The highest BCUT2D eigenvalue weighted by atomic mass is 16.2. The number of nitrogens with zero attached hydrogens (tertiary/aromatic N) is 4. The Kier molecular flexibility index (Phi) is 4.99. The number of piperidine rings is 1. The summed E-state index contributed by atoms with van der Waals surface area (Å²) in [5.74, 6) is 1.94. The molecule has 4 rings (SSSR count). The van der Waals surface area contributed by atoms with E-state index in [1.807, 2.05) is 6.92 Å². The molecule has 1 aromatic rings. The monoisotopic (exact) mass is 387 g/mol. The van der Waals surface area contributed by atoms with Gasteiger partial charge < -0.3 is 20.1 Å². The van der Waals surface area contributed by atoms with E-state index in [9.17, 15) is 9.59 Å². The summed E-state index contributed by atoms with van der Waals surface area (Å²) < 4.78 is 2.26. The van der Waals surface area contributed by atoms with E-state index < -0.39 is 11.6 Å². The van der Waals surface area contributed by atoms with Crippen molar-refractivity contribution in [2.75, 3.05) is 20.1 Å². The first-order chi connectivity index (χ1) is 13.5. The summed E-state index contributed by atoms with van der Waals surface area (Å²) in [4.78, 5) is 35.1. The number of carbonyl (C=O) groups is 2. The zero-order chi connectivity index (χ0) is 19.7. The Bertz CT molecular complexity index is 771. The summed E-state index contributed by atoms with van der Waals surface area (Å²) in [5.41, 5.74) is 0.237. The lowest BCUT2D eigenvalue weighted by Gasteiger charge is -2.39. The number of aromatic nitrogens is 2. The van der Waals surface area contributed by atoms with Crippen LogP contribution in [0.1, 0.15) is 44.1 Å². The Morgan fingerprint density at radius 2 is 2.11 bits per heavy atom. The molecule has 0 radical (unpaired) electrons. The van der Waals surface area contributed by atoms with E-state index in [4.69, 9.17) is 4.98 Å². The molecule has 9 nitrogen and oxygen atoms in total. The Morgan fingerprint density at radius 1 is 1.32 bits per heavy atom. The zero-order valence-electron chi connectivity index (χ0n) is 16.6. The maximum absolute atomic E-state index is 12.2. The van der Waals surface area contributed by atoms with Crippen molar-refractivity contribution in [3.8, 4) is 0 Å². The third-order valence-electron chi connectivity index (χ3n) is 6.28. The molecule has 0 aromatic carbocycles. The van der Waals surface area contributed by atoms with Gasteiger partial charge in [-0.05, 0) is 38.5 Å². The third kappa shape index (κ3) is 3.45. The fourth-order valence-corrected chi connectivity index (χ4v) is 4.57. The molecule has 0 spiro atoms. The summed E-state index contributed by atoms with van der Waals surface area (Å²) in [6.45, 7) is 5.13. The Morgan fingerprint density at radius 3 is 2.75 bits per heavy atom. The van der Waals surface area contributed by atoms with Crippen LogP contribution in [0.2, 0.25) is 0 Å². The van der Waals surface area contributed by atoms with Crippen LogP contribution >= 0.6 is 0 Å². The number of amides is 3. The van der Waals surface area contributed by atoms with E-state index in [0.29, 0.717) is 6.54 Å². The Balaban J connectivity index is 1.32. The second-order valence-electron chi connectivity index (χ2n) is 8.07. The smallest absolute Gasteiger partial charge is 0.322 e. The van der Waals surface area contributed by atoms with Crippen LogP contribution in [0.4, 0.5) is 4.79 Å². The van der Waals surface area contributed by atoms with Gasteiger partial charge in [-0.3, -0.25) is 15.1 Å². The van der Waals surface area contributed by atoms with Crippen LogP contribution in [-0.2, 0) is 24.3 Å². The van der Waals surface area contributed by atoms with Crippen molar-refractivity contribution in [3.05, 3.63) is 17.7 Å². The summed E-state index contributed by atoms with van der Waals surface area (Å²) in [7, 11) is 1.79. The number of imidazole rings is 1. The van der Waals surface area contributed by atoms with Crippen molar-refractivity contribution < 1.29 is 9.59 Å². The largest absolute Gasteiger partial charge is 0.351 e. The summed E-state index contributed by atoms with van der Waals surface area (Å²) in [6, 6.07) is -0.393. The number of nitrogens with one attached hydrogen (secondary N) is 3. The van der Waals surface area contributed by atoms with Crippen LogP contribution in [0.5, 0.6) is 0 Å². The van der Waals surface area contributed by atoms with Gasteiger partial charge in [-0.2, -0.15) is 0 Å². The second kappa shape index (κ2) is 7.44. The van der Waals surface area contributed by atoms with Gasteiger partial charge in [-0.1, -0.05) is 0 Å². The predicted molar refractivity (Wildman–Crippen MR) is 105 cm³/mol. The Hall–Kier alpha value is -2.58. The van der Waals surface area contributed by atoms with Gasteiger partial charge in [-0.15, -0.1) is 0 Å². The fourth-order valence-electron chi connectivity index (χ4n) is 4.57. The summed E-state index contributed by atoms with van der Waals surface area (Å²) >= 11 is 0. The van der Waals surface area contributed by atoms with Crippen molar-refractivity contribution in [2.45, 2.75) is 57.7 Å². The molecule has 0 saturated carbocycles. The number of imide groups is 1. The molecule has 3 aliphatic heterocycles. The van der Waals surface area contributed by atoms with Crippen LogP contribution in [0, 0.1) is 5.92 Å². The van der Waals surface area contributed by atoms with E-state index >= 15 is 0 Å². The van der Waals surface area contributed by atoms with Gasteiger partial charge in [0.25, 0.3) is 5.91 Å². The highest BCUT2D eigenvalue weighted by Gasteiger charge is 2.48. The lowest BCUT2D eigenvalue weighted by molar-refractivity contribution is -0.125. The molecule has 4 heterocycles. The first-order valence-electron chi connectivity index (χ1n) is 10.1. The fraction of sp³-hybridized carbons (Fsp3) is 0.684. The summed E-state index contributed by atoms with van der Waals surface area (Å²) in [6.07, 6.45) is 7.30. The number of fused-ring (bicyclic) bond motifs is 1. The molecule has 1 aromatic heterocycles. The zero-order valence-corrected chi connectivity index (χ0v) is 16.6. The molecular weight excluding hydrogens is 358 g/mol. The molecule has 3 aliphatic rings. The van der Waals surface area contributed by atoms with Crippen LogP contribution in [0.25, 0.3) is 0 Å². The van der Waals surface area contributed by atoms with E-state index in [2.05, 4.69) is 36.6 Å². The molecule has 2 saturated heterocycles. The molecule has 1 unspecified atom stereocenters. The first kappa shape index (κ1) is 18.8. The standard InChI is InChI=1S/C19H29N7O2/c1-19(16(27)23-18(28)24-19)13-6-9-25(10-7-13)17(20-2)21-11-14-12-26-8-4-3-5-15(26)22-14/h12-13H,3-11H2,1-2H3,(H,20,21)(H2,23,24,27,28). The molecule has 9 heteroatoms. The average Bonchev–Trinajstić information content (AvgIpc) is 3.22. The molecule has 1 atom stereocenters. The van der Waals surface area contributed by atoms with Gasteiger partial charge in [0.15, 0.2) is 5.96 Å². The molecule has 152 valence electrons. The van der Waals surface area contributed by atoms with E-state index in [1.54, 1.807) is 7.05 Å². The second-order valence-corrected chi connectivity index (χ2v) is 8.07. The minimum atomic E-state index is -0.810. The number of aliphatic imine (C=N–C) groups is 1. The van der Waals surface area contributed by atoms with E-state index in [-0.39, 0.29) is 11.8 Å². The highest BCUT2D eigenvalue weighted by molar-refractivity contribution is 6.07. The summed E-state index contributed by atoms with van der Waals surface area (Å²) in [5, 5.41) is 8.59. The number of likely N-dealkylation sites (tertiary alicyclic amines) is 1. The van der Waals surface area contributed by atoms with Gasteiger partial charge in [-0.25, -0.2) is 9.78 Å². The minimum absolute atomic E-state index is 0.119. The molecule has 2 fully saturated rings. The lowest BCUT2D eigenvalue weighted by Crippen LogP contribution is -2.55. The third-order valence-corrected chi connectivity index (χ3v) is 6.28. The number of aryl methyl sites for hydroxylation is 2. The van der Waals surface area contributed by atoms with Crippen LogP contribution in [0.3, 0.4) is 0 Å². The average molecular weight is 387 g/mol. The van der Waals surface area contributed by atoms with Crippen LogP contribution < -0.4 is 16.0 Å². The maximum atomic E-state index is 12.2. The molecule has 3 N–H and O–H groups in total. The minimum Gasteiger partial charge on any atom is -0.351 e. The van der Waals surface area contributed by atoms with Crippen molar-refractivity contribution in [3.63, 3.8) is 0 Å². The number of hydrogen-bond acceptors (Lipinski definition) is 4. The number of guanidine groups is 1. The number of rotatable bonds is 3. The van der Waals surface area contributed by atoms with E-state index in [0.717, 1.165) is 50.6 Å². The van der Waals surface area contributed by atoms with Gasteiger partial charge >= 0.3 is 6.03 Å². The van der Waals surface area contributed by atoms with Crippen molar-refractivity contribution >= 4 is 17.9 Å². The number of urea groups is 1. The first-order valence-corrected chi connectivity index (χ1v) is 10.1. The molecular formula is C19H29N7O2. The quantitative estimate of drug-likeness (QED) is 0.400. The normalized spacial score (nSPS) is 26.1. The SMILES string of the molecule is CN=C(NCc1cn2c(n1)CCCC2)N1CCC(C2(C)NC(=O)NC2=O)CC1. The maximum Gasteiger partial charge on any atom is 0.322 e. The van der Waals surface area contributed by atoms with Crippen LogP contribution in [-0.4, -0.2) is 58.0 Å². The topological polar surface area (TPSA) is 104 Å². The molecule has 0 aliphatic carbocycles. The molecule has 28 heavy (non-hydrogen) atoms. The van der Waals surface area contributed by atoms with Gasteiger partial charge in [0.2, 0.25) is 0 Å². The molecule has 0 bridgehead atoms. The number of hydrogen-bond donors (Lipinski definition) is 3. The number of carbonyl (C=O) groups excluding carboxylic acids is 2. The van der Waals surface area contributed by atoms with Crippen molar-refractivity contribution in [1.82, 2.24) is 30.4 Å². The van der Waals surface area contributed by atoms with Gasteiger partial charge in [0, 0.05) is 39.3 Å². The van der Waals surface area contributed by atoms with Crippen molar-refractivity contribution in [1.29, 1.82) is 0 Å². The van der Waals surface area contributed by atoms with Crippen LogP contribution in [0.15, 0.2) is 11.2 Å². The molecule has 3 amide bonds. The predicted octanol–water partition coefficient (Wildman–Crippen LogP) is 0.605. The van der Waals surface area contributed by atoms with Gasteiger partial charge in [0.1, 0.15) is 11.4 Å². The lowest BCUT2D eigenvalue weighted by atomic mass is 9.79.